The molecule has 0 spiro atoms. The monoisotopic (exact) mass is 273 g/mol. The van der Waals surface area contributed by atoms with E-state index in [0.29, 0.717) is 6.04 Å². The maximum Gasteiger partial charge on any atom is 0.152 e. The van der Waals surface area contributed by atoms with Gasteiger partial charge in [-0.1, -0.05) is 0 Å². The average molecular weight is 273 g/mol. The van der Waals surface area contributed by atoms with Crippen molar-refractivity contribution in [3.05, 3.63) is 30.2 Å². The van der Waals surface area contributed by atoms with Gasteiger partial charge in [0, 0.05) is 12.2 Å². The fraction of sp³-hybridized carbons (Fsp3) is 0.533. The van der Waals surface area contributed by atoms with Crippen LogP contribution < -0.4 is 0 Å². The van der Waals surface area contributed by atoms with E-state index >= 15 is 0 Å². The first kappa shape index (κ1) is 12.2. The minimum atomic E-state index is -0.421. The summed E-state index contributed by atoms with van der Waals surface area (Å²) in [6.07, 6.45) is 5.89. The number of likely N-dealkylation sites (tertiary alicyclic amines) is 1. The Morgan fingerprint density at radius 1 is 1.40 bits per heavy atom. The molecule has 2 aliphatic rings. The number of furan rings is 1. The Labute approximate surface area is 117 Å². The number of nitrogens with zero attached hydrogens (tertiary/aromatic N) is 2. The lowest BCUT2D eigenvalue weighted by Gasteiger charge is -2.27. The van der Waals surface area contributed by atoms with Crippen LogP contribution in [0, 0.1) is 0 Å². The number of H-pyrrole nitrogens is 1. The van der Waals surface area contributed by atoms with E-state index in [1.807, 2.05) is 18.2 Å². The summed E-state index contributed by atoms with van der Waals surface area (Å²) in [7, 11) is 0. The lowest BCUT2D eigenvalue weighted by atomic mass is 10.1. The highest BCUT2D eigenvalue weighted by atomic mass is 16.3. The first-order valence-electron chi connectivity index (χ1n) is 7.29. The Morgan fingerprint density at radius 2 is 2.30 bits per heavy atom. The van der Waals surface area contributed by atoms with Gasteiger partial charge < -0.3 is 9.52 Å². The largest absolute Gasteiger partial charge is 0.458 e. The molecule has 106 valence electrons. The van der Waals surface area contributed by atoms with Crippen LogP contribution >= 0.6 is 0 Å². The quantitative estimate of drug-likeness (QED) is 0.896. The third-order valence-corrected chi connectivity index (χ3v) is 4.53. The van der Waals surface area contributed by atoms with Crippen LogP contribution in [0.25, 0.3) is 11.5 Å². The highest BCUT2D eigenvalue weighted by Crippen LogP contribution is 2.45. The second-order valence-electron chi connectivity index (χ2n) is 5.97. The maximum absolute atomic E-state index is 10.3. The van der Waals surface area contributed by atoms with Crippen LogP contribution in [0.3, 0.4) is 0 Å². The molecule has 1 aliphatic heterocycles. The van der Waals surface area contributed by atoms with E-state index in [9.17, 15) is 5.11 Å². The molecule has 4 rings (SSSR count). The number of hydrogen-bond acceptors (Lipinski definition) is 4. The minimum absolute atomic E-state index is 0.309. The van der Waals surface area contributed by atoms with E-state index in [2.05, 4.69) is 15.1 Å². The maximum atomic E-state index is 10.3. The van der Waals surface area contributed by atoms with Crippen molar-refractivity contribution < 1.29 is 9.52 Å². The highest BCUT2D eigenvalue weighted by Gasteiger charge is 2.51. The molecular formula is C15H19N3O2. The van der Waals surface area contributed by atoms with Crippen LogP contribution in [0.1, 0.15) is 31.4 Å². The smallest absolute Gasteiger partial charge is 0.152 e. The molecule has 2 fully saturated rings. The molecule has 1 unspecified atom stereocenters. The van der Waals surface area contributed by atoms with Gasteiger partial charge in [0.25, 0.3) is 0 Å². The van der Waals surface area contributed by atoms with Crippen LogP contribution in [-0.4, -0.2) is 38.4 Å². The molecule has 0 amide bonds. The summed E-state index contributed by atoms with van der Waals surface area (Å²) in [6, 6.07) is 6.19. The molecule has 2 aromatic rings. The van der Waals surface area contributed by atoms with Crippen LogP contribution in [0.2, 0.25) is 0 Å². The highest BCUT2D eigenvalue weighted by molar-refractivity contribution is 5.51. The van der Waals surface area contributed by atoms with E-state index in [4.69, 9.17) is 4.42 Å². The molecule has 0 bridgehead atoms. The Morgan fingerprint density at radius 3 is 3.05 bits per heavy atom. The van der Waals surface area contributed by atoms with Crippen LogP contribution in [0.5, 0.6) is 0 Å². The van der Waals surface area contributed by atoms with Crippen LogP contribution in [-0.2, 0) is 6.54 Å². The molecule has 2 aromatic heterocycles. The van der Waals surface area contributed by atoms with Crippen molar-refractivity contribution in [2.45, 2.75) is 43.9 Å². The fourth-order valence-electron chi connectivity index (χ4n) is 3.29. The van der Waals surface area contributed by atoms with Crippen LogP contribution in [0.4, 0.5) is 0 Å². The van der Waals surface area contributed by atoms with E-state index in [0.717, 1.165) is 49.6 Å². The molecule has 1 atom stereocenters. The SMILES string of the molecule is OC1(C2CCCN2Cc2ccc(-c3ccn[nH]3)o2)CC1. The molecule has 1 saturated carbocycles. The minimum Gasteiger partial charge on any atom is -0.458 e. The molecule has 5 nitrogen and oxygen atoms in total. The number of nitrogens with one attached hydrogen (secondary N) is 1. The van der Waals surface area contributed by atoms with E-state index in [1.165, 1.54) is 6.42 Å². The first-order valence-corrected chi connectivity index (χ1v) is 7.29. The topological polar surface area (TPSA) is 65.3 Å². The first-order chi connectivity index (χ1) is 9.74. The molecule has 2 N–H and O–H groups in total. The van der Waals surface area contributed by atoms with Gasteiger partial charge in [0.15, 0.2) is 5.76 Å². The van der Waals surface area contributed by atoms with Gasteiger partial charge in [0.2, 0.25) is 0 Å². The van der Waals surface area contributed by atoms with Crippen molar-refractivity contribution >= 4 is 0 Å². The lowest BCUT2D eigenvalue weighted by molar-refractivity contribution is 0.0454. The zero-order chi connectivity index (χ0) is 13.6. The zero-order valence-electron chi connectivity index (χ0n) is 11.4. The Kier molecular flexibility index (Phi) is 2.72. The molecule has 1 aliphatic carbocycles. The number of aromatic amines is 1. The molecule has 1 saturated heterocycles. The number of aliphatic hydroxyl groups is 1. The van der Waals surface area contributed by atoms with Gasteiger partial charge in [-0.05, 0) is 50.4 Å². The molecule has 0 aromatic carbocycles. The fourth-order valence-corrected chi connectivity index (χ4v) is 3.29. The third kappa shape index (κ3) is 2.07. The standard InChI is InChI=1S/C15H19N3O2/c19-15(6-7-15)14-2-1-9-18(14)10-11-3-4-13(20-11)12-5-8-16-17-12/h3-5,8,14,19H,1-2,6-7,9-10H2,(H,16,17). The summed E-state index contributed by atoms with van der Waals surface area (Å²) in [4.78, 5) is 2.36. The number of rotatable bonds is 4. The molecule has 5 heteroatoms. The van der Waals surface area contributed by atoms with E-state index in [1.54, 1.807) is 6.20 Å². The summed E-state index contributed by atoms with van der Waals surface area (Å²) in [6.45, 7) is 1.83. The Bertz CT molecular complexity index is 586. The van der Waals surface area contributed by atoms with Crippen molar-refractivity contribution in [3.63, 3.8) is 0 Å². The number of hydrogen-bond donors (Lipinski definition) is 2. The molecular weight excluding hydrogens is 254 g/mol. The van der Waals surface area contributed by atoms with E-state index < -0.39 is 5.60 Å². The number of aromatic nitrogens is 2. The average Bonchev–Trinajstić information content (AvgIpc) is 2.94. The summed E-state index contributed by atoms with van der Waals surface area (Å²) in [5.74, 6) is 1.77. The van der Waals surface area contributed by atoms with Gasteiger partial charge in [-0.3, -0.25) is 10.00 Å². The van der Waals surface area contributed by atoms with Crippen molar-refractivity contribution in [1.29, 1.82) is 0 Å². The predicted octanol–water partition coefficient (Wildman–Crippen LogP) is 2.16. The summed E-state index contributed by atoms with van der Waals surface area (Å²) >= 11 is 0. The second kappa shape index (κ2) is 4.46. The van der Waals surface area contributed by atoms with Gasteiger partial charge >= 0.3 is 0 Å². The van der Waals surface area contributed by atoms with Crippen molar-refractivity contribution in [1.82, 2.24) is 15.1 Å². The Hall–Kier alpha value is -1.59. The Balaban J connectivity index is 1.49. The molecule has 0 radical (unpaired) electrons. The van der Waals surface area contributed by atoms with Crippen LogP contribution in [0.15, 0.2) is 28.8 Å². The molecule has 3 heterocycles. The predicted molar refractivity (Wildman–Crippen MR) is 73.9 cm³/mol. The zero-order valence-corrected chi connectivity index (χ0v) is 11.4. The van der Waals surface area contributed by atoms with Crippen molar-refractivity contribution in [3.8, 4) is 11.5 Å². The molecule has 20 heavy (non-hydrogen) atoms. The van der Waals surface area contributed by atoms with Crippen molar-refractivity contribution in [2.75, 3.05) is 6.54 Å². The third-order valence-electron chi connectivity index (χ3n) is 4.53. The summed E-state index contributed by atoms with van der Waals surface area (Å²) in [5.41, 5.74) is 0.477. The summed E-state index contributed by atoms with van der Waals surface area (Å²) in [5, 5.41) is 17.2. The lowest BCUT2D eigenvalue weighted by Crippen LogP contribution is -2.40. The van der Waals surface area contributed by atoms with E-state index in [-0.39, 0.29) is 0 Å². The second-order valence-corrected chi connectivity index (χ2v) is 5.97. The van der Waals surface area contributed by atoms with Gasteiger partial charge in [0.05, 0.1) is 12.1 Å². The van der Waals surface area contributed by atoms with Gasteiger partial charge in [-0.25, -0.2) is 0 Å². The summed E-state index contributed by atoms with van der Waals surface area (Å²) < 4.78 is 5.88. The van der Waals surface area contributed by atoms with Gasteiger partial charge in [0.1, 0.15) is 11.5 Å². The van der Waals surface area contributed by atoms with Gasteiger partial charge in [-0.2, -0.15) is 5.10 Å². The van der Waals surface area contributed by atoms with Gasteiger partial charge in [-0.15, -0.1) is 0 Å². The van der Waals surface area contributed by atoms with Crippen molar-refractivity contribution in [2.24, 2.45) is 0 Å². The normalized spacial score (nSPS) is 25.1.